The van der Waals surface area contributed by atoms with Gasteiger partial charge in [-0.3, -0.25) is 0 Å². The van der Waals surface area contributed by atoms with Gasteiger partial charge in [0, 0.05) is 6.54 Å². The third-order valence-corrected chi connectivity index (χ3v) is 3.02. The molecule has 0 aliphatic carbocycles. The summed E-state index contributed by atoms with van der Waals surface area (Å²) < 4.78 is 47.2. The first kappa shape index (κ1) is 17.1. The van der Waals surface area contributed by atoms with Crippen LogP contribution in [0.2, 0.25) is 0 Å². The number of alkyl halides is 3. The standard InChI is InChI=1S/C12H15BrF3NO3/c1-17-5-7-3-8(13)11(9(4-7)19-2)20-6-10(18)12(14,15)16/h3-4,10,17-18H,5-6H2,1-2H3. The molecule has 4 nitrogen and oxygen atoms in total. The molecule has 1 unspecified atom stereocenters. The number of aliphatic hydroxyl groups is 1. The highest BCUT2D eigenvalue weighted by Crippen LogP contribution is 2.37. The molecule has 2 N–H and O–H groups in total. The first-order valence-corrected chi connectivity index (χ1v) is 6.47. The van der Waals surface area contributed by atoms with Crippen LogP contribution in [-0.2, 0) is 6.54 Å². The molecule has 0 spiro atoms. The molecule has 0 aliphatic heterocycles. The van der Waals surface area contributed by atoms with E-state index >= 15 is 0 Å². The molecule has 1 aromatic rings. The van der Waals surface area contributed by atoms with Gasteiger partial charge < -0.3 is 19.9 Å². The molecule has 114 valence electrons. The van der Waals surface area contributed by atoms with Crippen molar-refractivity contribution in [3.63, 3.8) is 0 Å². The van der Waals surface area contributed by atoms with Crippen LogP contribution in [0.25, 0.3) is 0 Å². The van der Waals surface area contributed by atoms with E-state index in [2.05, 4.69) is 21.2 Å². The summed E-state index contributed by atoms with van der Waals surface area (Å²) in [4.78, 5) is 0. The molecule has 8 heteroatoms. The second-order valence-electron chi connectivity index (χ2n) is 4.01. The Hall–Kier alpha value is -0.990. The molecule has 0 amide bonds. The minimum absolute atomic E-state index is 0.121. The Bertz CT molecular complexity index is 454. The number of rotatable bonds is 6. The van der Waals surface area contributed by atoms with E-state index < -0.39 is 18.9 Å². The summed E-state index contributed by atoms with van der Waals surface area (Å²) >= 11 is 3.21. The van der Waals surface area contributed by atoms with Crippen molar-refractivity contribution in [2.75, 3.05) is 20.8 Å². The van der Waals surface area contributed by atoms with Gasteiger partial charge in [0.15, 0.2) is 17.6 Å². The maximum absolute atomic E-state index is 12.2. The Balaban J connectivity index is 2.89. The molecule has 0 radical (unpaired) electrons. The van der Waals surface area contributed by atoms with Gasteiger partial charge in [0.05, 0.1) is 11.6 Å². The number of methoxy groups -OCH3 is 1. The number of halogens is 4. The molecule has 0 heterocycles. The van der Waals surface area contributed by atoms with Gasteiger partial charge in [-0.15, -0.1) is 0 Å². The fourth-order valence-electron chi connectivity index (χ4n) is 1.48. The van der Waals surface area contributed by atoms with Crippen molar-refractivity contribution in [3.05, 3.63) is 22.2 Å². The van der Waals surface area contributed by atoms with Gasteiger partial charge in [-0.25, -0.2) is 0 Å². The van der Waals surface area contributed by atoms with Crippen LogP contribution in [0.5, 0.6) is 11.5 Å². The van der Waals surface area contributed by atoms with Crippen molar-refractivity contribution < 1.29 is 27.8 Å². The van der Waals surface area contributed by atoms with Gasteiger partial charge in [0.2, 0.25) is 0 Å². The van der Waals surface area contributed by atoms with E-state index in [-0.39, 0.29) is 5.75 Å². The van der Waals surface area contributed by atoms with Gasteiger partial charge in [-0.1, -0.05) is 0 Å². The summed E-state index contributed by atoms with van der Waals surface area (Å²) in [6, 6.07) is 3.35. The van der Waals surface area contributed by atoms with Gasteiger partial charge >= 0.3 is 6.18 Å². The zero-order valence-electron chi connectivity index (χ0n) is 10.9. The van der Waals surface area contributed by atoms with Crippen LogP contribution in [0.4, 0.5) is 13.2 Å². The number of aliphatic hydroxyl groups excluding tert-OH is 1. The van der Waals surface area contributed by atoms with Crippen molar-refractivity contribution in [2.24, 2.45) is 0 Å². The zero-order chi connectivity index (χ0) is 15.3. The number of hydrogen-bond donors (Lipinski definition) is 2. The third kappa shape index (κ3) is 4.53. The number of nitrogens with one attached hydrogen (secondary N) is 1. The van der Waals surface area contributed by atoms with Crippen LogP contribution in [0.15, 0.2) is 16.6 Å². The Labute approximate surface area is 123 Å². The predicted molar refractivity (Wildman–Crippen MR) is 71.0 cm³/mol. The quantitative estimate of drug-likeness (QED) is 0.821. The molecule has 0 bridgehead atoms. The van der Waals surface area contributed by atoms with E-state index in [0.29, 0.717) is 16.8 Å². The minimum atomic E-state index is -4.72. The number of hydrogen-bond acceptors (Lipinski definition) is 4. The summed E-state index contributed by atoms with van der Waals surface area (Å²) in [5.74, 6) is 0.412. The topological polar surface area (TPSA) is 50.7 Å². The van der Waals surface area contributed by atoms with Gasteiger partial charge in [-0.2, -0.15) is 13.2 Å². The lowest BCUT2D eigenvalue weighted by Gasteiger charge is -2.18. The number of benzene rings is 1. The predicted octanol–water partition coefficient (Wildman–Crippen LogP) is 2.48. The Morgan fingerprint density at radius 2 is 2.05 bits per heavy atom. The SMILES string of the molecule is CNCc1cc(Br)c(OCC(O)C(F)(F)F)c(OC)c1. The summed E-state index contributed by atoms with van der Waals surface area (Å²) in [6.07, 6.45) is -7.26. The van der Waals surface area contributed by atoms with Gasteiger partial charge in [0.1, 0.15) is 6.61 Å². The average molecular weight is 358 g/mol. The maximum Gasteiger partial charge on any atom is 0.417 e. The van der Waals surface area contributed by atoms with E-state index in [1.807, 2.05) is 0 Å². The lowest BCUT2D eigenvalue weighted by Crippen LogP contribution is -2.34. The van der Waals surface area contributed by atoms with E-state index in [1.54, 1.807) is 19.2 Å². The highest BCUT2D eigenvalue weighted by molar-refractivity contribution is 9.10. The molecule has 0 saturated carbocycles. The van der Waals surface area contributed by atoms with Crippen LogP contribution in [0.1, 0.15) is 5.56 Å². The van der Waals surface area contributed by atoms with Crippen molar-refractivity contribution in [3.8, 4) is 11.5 Å². The van der Waals surface area contributed by atoms with Crippen molar-refractivity contribution in [1.82, 2.24) is 5.32 Å². The molecule has 0 fully saturated rings. The van der Waals surface area contributed by atoms with Gasteiger partial charge in [-0.05, 0) is 40.7 Å². The summed E-state index contributed by atoms with van der Waals surface area (Å²) in [7, 11) is 3.16. The second-order valence-corrected chi connectivity index (χ2v) is 4.86. The first-order chi connectivity index (χ1) is 9.29. The maximum atomic E-state index is 12.2. The lowest BCUT2D eigenvalue weighted by molar-refractivity contribution is -0.210. The van der Waals surface area contributed by atoms with Crippen LogP contribution in [0, 0.1) is 0 Å². The van der Waals surface area contributed by atoms with Crippen LogP contribution in [0.3, 0.4) is 0 Å². The Morgan fingerprint density at radius 1 is 1.40 bits per heavy atom. The molecular formula is C12H15BrF3NO3. The highest BCUT2D eigenvalue weighted by atomic mass is 79.9. The second kappa shape index (κ2) is 7.14. The zero-order valence-corrected chi connectivity index (χ0v) is 12.5. The molecule has 1 rings (SSSR count). The van der Waals surface area contributed by atoms with E-state index in [9.17, 15) is 13.2 Å². The van der Waals surface area contributed by atoms with E-state index in [1.165, 1.54) is 7.11 Å². The van der Waals surface area contributed by atoms with Gasteiger partial charge in [0.25, 0.3) is 0 Å². The van der Waals surface area contributed by atoms with E-state index in [0.717, 1.165) is 5.56 Å². The molecule has 1 atom stereocenters. The van der Waals surface area contributed by atoms with Crippen LogP contribution in [-0.4, -0.2) is 38.2 Å². The van der Waals surface area contributed by atoms with Crippen LogP contribution >= 0.6 is 15.9 Å². The summed E-state index contributed by atoms with van der Waals surface area (Å²) in [5, 5.41) is 11.9. The van der Waals surface area contributed by atoms with Crippen molar-refractivity contribution in [2.45, 2.75) is 18.8 Å². The molecular weight excluding hydrogens is 343 g/mol. The average Bonchev–Trinajstić information content (AvgIpc) is 2.35. The smallest absolute Gasteiger partial charge is 0.417 e. The van der Waals surface area contributed by atoms with Crippen LogP contribution < -0.4 is 14.8 Å². The lowest BCUT2D eigenvalue weighted by atomic mass is 10.2. The Kier molecular flexibility index (Phi) is 6.09. The monoisotopic (exact) mass is 357 g/mol. The minimum Gasteiger partial charge on any atom is -0.493 e. The normalized spacial score (nSPS) is 13.2. The van der Waals surface area contributed by atoms with E-state index in [4.69, 9.17) is 14.6 Å². The number of ether oxygens (including phenoxy) is 2. The van der Waals surface area contributed by atoms with Crippen molar-refractivity contribution in [1.29, 1.82) is 0 Å². The highest BCUT2D eigenvalue weighted by Gasteiger charge is 2.39. The molecule has 0 aromatic heterocycles. The summed E-state index contributed by atoms with van der Waals surface area (Å²) in [6.45, 7) is -0.329. The third-order valence-electron chi connectivity index (χ3n) is 2.43. The summed E-state index contributed by atoms with van der Waals surface area (Å²) in [5.41, 5.74) is 0.875. The fourth-order valence-corrected chi connectivity index (χ4v) is 2.08. The molecule has 0 aliphatic rings. The largest absolute Gasteiger partial charge is 0.493 e. The Morgan fingerprint density at radius 3 is 2.55 bits per heavy atom. The molecule has 1 aromatic carbocycles. The molecule has 0 saturated heterocycles. The fraction of sp³-hybridized carbons (Fsp3) is 0.500. The molecule has 20 heavy (non-hydrogen) atoms. The first-order valence-electron chi connectivity index (χ1n) is 5.68. The van der Waals surface area contributed by atoms with Crippen molar-refractivity contribution >= 4 is 15.9 Å².